The third-order valence-electron chi connectivity index (χ3n) is 4.75. The first-order chi connectivity index (χ1) is 11.0. The maximum Gasteiger partial charge on any atom is 0.319 e. The van der Waals surface area contributed by atoms with Crippen LogP contribution in [0.15, 0.2) is 12.4 Å². The van der Waals surface area contributed by atoms with E-state index in [4.69, 9.17) is 4.74 Å². The summed E-state index contributed by atoms with van der Waals surface area (Å²) in [6.07, 6.45) is 7.00. The Morgan fingerprint density at radius 2 is 2.26 bits per heavy atom. The van der Waals surface area contributed by atoms with Crippen LogP contribution in [0.3, 0.4) is 0 Å². The number of urea groups is 1. The maximum absolute atomic E-state index is 12.3. The van der Waals surface area contributed by atoms with Crippen LogP contribution in [-0.4, -0.2) is 35.6 Å². The minimum absolute atomic E-state index is 0.138. The number of carbonyl (C=O) groups excluding carboxylic acids is 1. The second kappa shape index (κ2) is 8.34. The van der Waals surface area contributed by atoms with Crippen molar-refractivity contribution in [3.63, 3.8) is 0 Å². The van der Waals surface area contributed by atoms with Crippen molar-refractivity contribution >= 4 is 11.7 Å². The van der Waals surface area contributed by atoms with E-state index in [1.807, 2.05) is 6.20 Å². The Balaban J connectivity index is 1.88. The van der Waals surface area contributed by atoms with Gasteiger partial charge in [0.15, 0.2) is 0 Å². The summed E-state index contributed by atoms with van der Waals surface area (Å²) in [5.74, 6) is 1.82. The quantitative estimate of drug-likeness (QED) is 0.845. The molecule has 1 aliphatic rings. The summed E-state index contributed by atoms with van der Waals surface area (Å²) in [6, 6.07) is 0.114. The van der Waals surface area contributed by atoms with Gasteiger partial charge in [-0.25, -0.2) is 4.79 Å². The zero-order valence-corrected chi connectivity index (χ0v) is 14.7. The molecule has 1 fully saturated rings. The first kappa shape index (κ1) is 17.8. The second-order valence-corrected chi connectivity index (χ2v) is 7.02. The lowest BCUT2D eigenvalue weighted by molar-refractivity contribution is 0.172. The normalized spacial score (nSPS) is 24.7. The summed E-state index contributed by atoms with van der Waals surface area (Å²) >= 11 is 0. The summed E-state index contributed by atoms with van der Waals surface area (Å²) < 4.78 is 6.78. The van der Waals surface area contributed by atoms with E-state index in [9.17, 15) is 4.79 Å². The van der Waals surface area contributed by atoms with Crippen molar-refractivity contribution in [2.24, 2.45) is 17.8 Å². The lowest BCUT2D eigenvalue weighted by Gasteiger charge is -2.37. The van der Waals surface area contributed by atoms with E-state index in [-0.39, 0.29) is 12.1 Å². The fourth-order valence-electron chi connectivity index (χ4n) is 3.44. The molecule has 1 aromatic heterocycles. The third-order valence-corrected chi connectivity index (χ3v) is 4.75. The highest BCUT2D eigenvalue weighted by atomic mass is 16.5. The molecule has 2 N–H and O–H groups in total. The van der Waals surface area contributed by atoms with Crippen LogP contribution in [0.2, 0.25) is 0 Å². The zero-order chi connectivity index (χ0) is 16.8. The van der Waals surface area contributed by atoms with Gasteiger partial charge in [-0.3, -0.25) is 4.68 Å². The maximum atomic E-state index is 12.3. The van der Waals surface area contributed by atoms with Crippen molar-refractivity contribution in [1.29, 1.82) is 0 Å². The van der Waals surface area contributed by atoms with Crippen molar-refractivity contribution in [2.75, 3.05) is 19.0 Å². The number of rotatable bonds is 6. The number of ether oxygens (including phenoxy) is 1. The lowest BCUT2D eigenvalue weighted by Crippen LogP contribution is -2.47. The average molecular weight is 322 g/mol. The molecule has 0 aliphatic heterocycles. The topological polar surface area (TPSA) is 68.2 Å². The van der Waals surface area contributed by atoms with E-state index in [0.717, 1.165) is 6.42 Å². The Morgan fingerprint density at radius 1 is 1.48 bits per heavy atom. The summed E-state index contributed by atoms with van der Waals surface area (Å²) in [4.78, 5) is 12.3. The molecule has 2 amide bonds. The van der Waals surface area contributed by atoms with Gasteiger partial charge < -0.3 is 15.4 Å². The van der Waals surface area contributed by atoms with Gasteiger partial charge in [-0.05, 0) is 30.6 Å². The summed E-state index contributed by atoms with van der Waals surface area (Å²) in [5.41, 5.74) is 0.712. The Morgan fingerprint density at radius 3 is 2.96 bits per heavy atom. The fourth-order valence-corrected chi connectivity index (χ4v) is 3.44. The van der Waals surface area contributed by atoms with Gasteiger partial charge >= 0.3 is 6.03 Å². The monoisotopic (exact) mass is 322 g/mol. The number of methoxy groups -OCH3 is 1. The summed E-state index contributed by atoms with van der Waals surface area (Å²) in [6.45, 7) is 8.03. The van der Waals surface area contributed by atoms with Crippen LogP contribution in [0.4, 0.5) is 10.5 Å². The molecule has 0 saturated heterocycles. The molecule has 1 heterocycles. The zero-order valence-electron chi connectivity index (χ0n) is 14.7. The molecule has 130 valence electrons. The van der Waals surface area contributed by atoms with E-state index in [1.54, 1.807) is 18.0 Å². The van der Waals surface area contributed by atoms with Gasteiger partial charge in [0, 0.05) is 19.3 Å². The highest BCUT2D eigenvalue weighted by molar-refractivity contribution is 5.89. The molecule has 1 saturated carbocycles. The van der Waals surface area contributed by atoms with Gasteiger partial charge in [0.25, 0.3) is 0 Å². The average Bonchev–Trinajstić information content (AvgIpc) is 2.92. The van der Waals surface area contributed by atoms with Crippen LogP contribution in [-0.2, 0) is 11.3 Å². The number of nitrogens with zero attached hydrogens (tertiary/aromatic N) is 2. The predicted octanol–water partition coefficient (Wildman–Crippen LogP) is 3.11. The van der Waals surface area contributed by atoms with Gasteiger partial charge in [-0.1, -0.05) is 27.2 Å². The lowest BCUT2D eigenvalue weighted by atomic mass is 9.74. The SMILES string of the molecule is COCCn1cc(NC(=O)N[C@@H]2C[C@@H](C)CC[C@@H]2C(C)C)cn1. The molecule has 23 heavy (non-hydrogen) atoms. The van der Waals surface area contributed by atoms with Gasteiger partial charge in [0.05, 0.1) is 25.0 Å². The van der Waals surface area contributed by atoms with E-state index in [0.29, 0.717) is 36.6 Å². The second-order valence-electron chi connectivity index (χ2n) is 7.02. The molecule has 6 nitrogen and oxygen atoms in total. The Hall–Kier alpha value is -1.56. The number of carbonyl (C=O) groups is 1. The first-order valence-electron chi connectivity index (χ1n) is 8.58. The molecule has 1 aromatic rings. The summed E-state index contributed by atoms with van der Waals surface area (Å²) in [5, 5.41) is 10.3. The number of aromatic nitrogens is 2. The van der Waals surface area contributed by atoms with Crippen LogP contribution >= 0.6 is 0 Å². The van der Waals surface area contributed by atoms with Crippen molar-refractivity contribution < 1.29 is 9.53 Å². The fraction of sp³-hybridized carbons (Fsp3) is 0.765. The van der Waals surface area contributed by atoms with Crippen LogP contribution in [0.1, 0.15) is 40.0 Å². The molecule has 1 aliphatic carbocycles. The molecular weight excluding hydrogens is 292 g/mol. The van der Waals surface area contributed by atoms with Crippen molar-refractivity contribution in [3.05, 3.63) is 12.4 Å². The van der Waals surface area contributed by atoms with E-state index in [2.05, 4.69) is 36.5 Å². The number of nitrogens with one attached hydrogen (secondary N) is 2. The highest BCUT2D eigenvalue weighted by Crippen LogP contribution is 2.33. The minimum Gasteiger partial charge on any atom is -0.383 e. The molecule has 2 rings (SSSR count). The molecule has 0 aromatic carbocycles. The van der Waals surface area contributed by atoms with E-state index >= 15 is 0 Å². The molecule has 6 heteroatoms. The largest absolute Gasteiger partial charge is 0.383 e. The van der Waals surface area contributed by atoms with E-state index < -0.39 is 0 Å². The standard InChI is InChI=1S/C17H30N4O2/c1-12(2)15-6-5-13(3)9-16(15)20-17(22)19-14-10-18-21(11-14)7-8-23-4/h10-13,15-16H,5-9H2,1-4H3,(H2,19,20,22)/t13-,15+,16+/m0/s1. The first-order valence-corrected chi connectivity index (χ1v) is 8.58. The van der Waals surface area contributed by atoms with Gasteiger partial charge in [-0.2, -0.15) is 5.10 Å². The minimum atomic E-state index is -0.138. The third kappa shape index (κ3) is 5.23. The Bertz CT molecular complexity index is 501. The van der Waals surface area contributed by atoms with Crippen molar-refractivity contribution in [2.45, 2.75) is 52.6 Å². The summed E-state index contributed by atoms with van der Waals surface area (Å²) in [7, 11) is 1.66. The van der Waals surface area contributed by atoms with E-state index in [1.165, 1.54) is 12.8 Å². The van der Waals surface area contributed by atoms with Crippen LogP contribution in [0.5, 0.6) is 0 Å². The van der Waals surface area contributed by atoms with Crippen molar-refractivity contribution in [1.82, 2.24) is 15.1 Å². The predicted molar refractivity (Wildman–Crippen MR) is 91.4 cm³/mol. The molecular formula is C17H30N4O2. The molecule has 0 spiro atoms. The van der Waals surface area contributed by atoms with Gasteiger partial charge in [0.1, 0.15) is 0 Å². The number of hydrogen-bond acceptors (Lipinski definition) is 3. The van der Waals surface area contributed by atoms with Crippen LogP contribution in [0, 0.1) is 17.8 Å². The molecule has 0 bridgehead atoms. The number of amides is 2. The van der Waals surface area contributed by atoms with Crippen LogP contribution in [0.25, 0.3) is 0 Å². The van der Waals surface area contributed by atoms with Crippen LogP contribution < -0.4 is 10.6 Å². The number of anilines is 1. The van der Waals surface area contributed by atoms with Gasteiger partial charge in [0.2, 0.25) is 0 Å². The molecule has 0 unspecified atom stereocenters. The molecule has 3 atom stereocenters. The Kier molecular flexibility index (Phi) is 6.45. The van der Waals surface area contributed by atoms with Gasteiger partial charge in [-0.15, -0.1) is 0 Å². The number of hydrogen-bond donors (Lipinski definition) is 2. The highest BCUT2D eigenvalue weighted by Gasteiger charge is 2.31. The smallest absolute Gasteiger partial charge is 0.319 e. The molecule has 0 radical (unpaired) electrons. The van der Waals surface area contributed by atoms with Crippen molar-refractivity contribution in [3.8, 4) is 0 Å². The Labute approximate surface area is 139 Å².